The molecule has 0 aliphatic heterocycles. The highest BCUT2D eigenvalue weighted by atomic mass is 35.5. The van der Waals surface area contributed by atoms with E-state index in [1.165, 1.54) is 18.3 Å². The summed E-state index contributed by atoms with van der Waals surface area (Å²) >= 11 is 4.38. The number of alkyl halides is 4. The maximum atomic E-state index is 12.5. The number of hydrogen-bond acceptors (Lipinski definition) is 2. The number of aromatic nitrogens is 1. The molecule has 0 bridgehead atoms. The van der Waals surface area contributed by atoms with E-state index in [2.05, 4.69) is 21.3 Å². The lowest BCUT2D eigenvalue weighted by Crippen LogP contribution is -2.28. The van der Waals surface area contributed by atoms with Crippen molar-refractivity contribution in [3.8, 4) is 5.75 Å². The molecule has 1 rings (SSSR count). The first kappa shape index (κ1) is 10.1. The predicted octanol–water partition coefficient (Wildman–Crippen LogP) is 2.59. The number of halogens is 4. The molecule has 1 atom stereocenters. The largest absolute Gasteiger partial charge is 0.452 e. The molecule has 0 amide bonds. The summed E-state index contributed by atoms with van der Waals surface area (Å²) in [5, 5.41) is -4.03. The Morgan fingerprint density at radius 2 is 2.23 bits per heavy atom. The molecule has 13 heavy (non-hydrogen) atoms. The first-order valence-corrected chi connectivity index (χ1v) is 3.65. The van der Waals surface area contributed by atoms with Gasteiger partial charge in [0.05, 0.1) is 6.20 Å². The first-order chi connectivity index (χ1) is 6.00. The van der Waals surface area contributed by atoms with Crippen LogP contribution in [0.25, 0.3) is 0 Å². The highest BCUT2D eigenvalue weighted by Gasteiger charge is 2.39. The van der Waals surface area contributed by atoms with Crippen molar-refractivity contribution in [3.63, 3.8) is 0 Å². The van der Waals surface area contributed by atoms with Gasteiger partial charge >= 0.3 is 11.7 Å². The number of nitrogens with zero attached hydrogens (tertiary/aromatic N) is 1. The fraction of sp³-hybridized carbons (Fsp3) is 0.286. The molecular formula is C7H5ClF3NO. The van der Waals surface area contributed by atoms with Gasteiger partial charge in [-0.1, -0.05) is 0 Å². The Hall–Kier alpha value is -0.970. The fourth-order valence-electron chi connectivity index (χ4n) is 0.603. The SMILES string of the molecule is FC(Oc1cccnc1)C(F)(F)Cl. The highest BCUT2D eigenvalue weighted by molar-refractivity contribution is 6.22. The molecule has 1 heterocycles. The number of hydrogen-bond donors (Lipinski definition) is 0. The molecule has 0 saturated carbocycles. The summed E-state index contributed by atoms with van der Waals surface area (Å²) in [6.45, 7) is 0. The summed E-state index contributed by atoms with van der Waals surface area (Å²) in [5.74, 6) is -0.102. The fourth-order valence-corrected chi connectivity index (χ4v) is 0.648. The third-order valence-corrected chi connectivity index (χ3v) is 1.30. The standard InChI is InChI=1S/C7H5ClF3NO/c8-7(10,11)6(9)13-5-2-1-3-12-4-5/h1-4,6H. The van der Waals surface area contributed by atoms with Gasteiger partial charge in [0.1, 0.15) is 5.75 Å². The smallest absolute Gasteiger partial charge is 0.387 e. The van der Waals surface area contributed by atoms with Crippen LogP contribution in [-0.4, -0.2) is 16.7 Å². The van der Waals surface area contributed by atoms with Crippen molar-refractivity contribution >= 4 is 11.6 Å². The van der Waals surface area contributed by atoms with Crippen molar-refractivity contribution < 1.29 is 17.9 Å². The summed E-state index contributed by atoms with van der Waals surface area (Å²) in [6.07, 6.45) is -0.368. The van der Waals surface area contributed by atoms with Crippen molar-refractivity contribution in [2.45, 2.75) is 11.7 Å². The van der Waals surface area contributed by atoms with Crippen LogP contribution in [0.2, 0.25) is 0 Å². The van der Waals surface area contributed by atoms with Crippen molar-refractivity contribution in [2.24, 2.45) is 0 Å². The van der Waals surface area contributed by atoms with Gasteiger partial charge in [0, 0.05) is 6.20 Å². The van der Waals surface area contributed by atoms with Gasteiger partial charge in [0.25, 0.3) is 0 Å². The Balaban J connectivity index is 2.61. The van der Waals surface area contributed by atoms with Crippen LogP contribution in [0.3, 0.4) is 0 Å². The van der Waals surface area contributed by atoms with Crippen LogP contribution in [-0.2, 0) is 0 Å². The molecule has 2 nitrogen and oxygen atoms in total. The molecule has 1 aromatic rings. The van der Waals surface area contributed by atoms with Gasteiger partial charge in [-0.3, -0.25) is 4.98 Å². The van der Waals surface area contributed by atoms with Crippen LogP contribution in [0.15, 0.2) is 24.5 Å². The lowest BCUT2D eigenvalue weighted by atomic mass is 10.5. The second kappa shape index (κ2) is 3.83. The second-order valence-corrected chi connectivity index (χ2v) is 2.67. The van der Waals surface area contributed by atoms with Crippen molar-refractivity contribution in [1.29, 1.82) is 0 Å². The minimum atomic E-state index is -4.03. The molecule has 0 fully saturated rings. The molecule has 0 aromatic carbocycles. The number of rotatable bonds is 3. The molecule has 1 aromatic heterocycles. The van der Waals surface area contributed by atoms with E-state index in [9.17, 15) is 13.2 Å². The molecule has 0 radical (unpaired) electrons. The monoisotopic (exact) mass is 211 g/mol. The minimum absolute atomic E-state index is 0.102. The zero-order valence-corrected chi connectivity index (χ0v) is 7.01. The van der Waals surface area contributed by atoms with Gasteiger partial charge in [-0.15, -0.1) is 0 Å². The van der Waals surface area contributed by atoms with E-state index in [1.807, 2.05) is 0 Å². The second-order valence-electron chi connectivity index (χ2n) is 2.16. The van der Waals surface area contributed by atoms with Crippen LogP contribution >= 0.6 is 11.6 Å². The Morgan fingerprint density at radius 1 is 1.54 bits per heavy atom. The Labute approximate surface area is 77.3 Å². The van der Waals surface area contributed by atoms with Crippen LogP contribution in [0, 0.1) is 0 Å². The van der Waals surface area contributed by atoms with Crippen LogP contribution < -0.4 is 4.74 Å². The molecule has 0 aliphatic carbocycles. The maximum Gasteiger partial charge on any atom is 0.387 e. The van der Waals surface area contributed by atoms with E-state index < -0.39 is 11.7 Å². The Bertz CT molecular complexity index is 264. The van der Waals surface area contributed by atoms with E-state index in [-0.39, 0.29) is 5.75 Å². The molecule has 0 spiro atoms. The van der Waals surface area contributed by atoms with E-state index in [1.54, 1.807) is 0 Å². The summed E-state index contributed by atoms with van der Waals surface area (Å²) in [6, 6.07) is 2.72. The van der Waals surface area contributed by atoms with Gasteiger partial charge in [0.2, 0.25) is 0 Å². The highest BCUT2D eigenvalue weighted by Crippen LogP contribution is 2.27. The Kier molecular flexibility index (Phi) is 2.98. The summed E-state index contributed by atoms with van der Waals surface area (Å²) in [5.41, 5.74) is 0. The van der Waals surface area contributed by atoms with Gasteiger partial charge in [0.15, 0.2) is 0 Å². The van der Waals surface area contributed by atoms with Crippen molar-refractivity contribution in [1.82, 2.24) is 4.98 Å². The third-order valence-electron chi connectivity index (χ3n) is 1.13. The zero-order chi connectivity index (χ0) is 9.90. The molecule has 1 unspecified atom stereocenters. The molecule has 0 saturated heterocycles. The quantitative estimate of drug-likeness (QED) is 0.717. The van der Waals surface area contributed by atoms with Crippen LogP contribution in [0.5, 0.6) is 5.75 Å². The van der Waals surface area contributed by atoms with Crippen molar-refractivity contribution in [3.05, 3.63) is 24.5 Å². The van der Waals surface area contributed by atoms with Gasteiger partial charge in [-0.2, -0.15) is 13.2 Å². The minimum Gasteiger partial charge on any atom is -0.452 e. The van der Waals surface area contributed by atoms with E-state index in [0.29, 0.717) is 0 Å². The number of ether oxygens (including phenoxy) is 1. The lowest BCUT2D eigenvalue weighted by molar-refractivity contribution is -0.0972. The normalized spacial score (nSPS) is 13.8. The van der Waals surface area contributed by atoms with E-state index in [0.717, 1.165) is 6.20 Å². The zero-order valence-electron chi connectivity index (χ0n) is 6.25. The van der Waals surface area contributed by atoms with Crippen LogP contribution in [0.4, 0.5) is 13.2 Å². The van der Waals surface area contributed by atoms with Gasteiger partial charge in [-0.05, 0) is 23.7 Å². The summed E-state index contributed by atoms with van der Waals surface area (Å²) in [4.78, 5) is 3.54. The van der Waals surface area contributed by atoms with Gasteiger partial charge < -0.3 is 4.74 Å². The average Bonchev–Trinajstić information content (AvgIpc) is 2.04. The Morgan fingerprint density at radius 3 is 2.69 bits per heavy atom. The van der Waals surface area contributed by atoms with Crippen LogP contribution in [0.1, 0.15) is 0 Å². The van der Waals surface area contributed by atoms with Crippen molar-refractivity contribution in [2.75, 3.05) is 0 Å². The first-order valence-electron chi connectivity index (χ1n) is 3.27. The molecular weight excluding hydrogens is 207 g/mol. The lowest BCUT2D eigenvalue weighted by Gasteiger charge is -2.14. The van der Waals surface area contributed by atoms with E-state index in [4.69, 9.17) is 0 Å². The van der Waals surface area contributed by atoms with E-state index >= 15 is 0 Å². The molecule has 6 heteroatoms. The molecule has 0 N–H and O–H groups in total. The van der Waals surface area contributed by atoms with Gasteiger partial charge in [-0.25, -0.2) is 0 Å². The maximum absolute atomic E-state index is 12.5. The third kappa shape index (κ3) is 3.10. The average molecular weight is 212 g/mol. The number of pyridine rings is 1. The summed E-state index contributed by atoms with van der Waals surface area (Å²) < 4.78 is 40.7. The summed E-state index contributed by atoms with van der Waals surface area (Å²) in [7, 11) is 0. The molecule has 0 aliphatic rings. The predicted molar refractivity (Wildman–Crippen MR) is 40.6 cm³/mol. The molecule has 72 valence electrons. The topological polar surface area (TPSA) is 22.1 Å².